The largest absolute Gasteiger partial charge is 0.392 e. The van der Waals surface area contributed by atoms with Crippen LogP contribution in [0, 0.1) is 23.1 Å². The van der Waals surface area contributed by atoms with E-state index >= 15 is 0 Å². The molecule has 5 aliphatic rings. The fourth-order valence-electron chi connectivity index (χ4n) is 7.37. The van der Waals surface area contributed by atoms with Gasteiger partial charge in [-0.15, -0.1) is 0 Å². The van der Waals surface area contributed by atoms with Gasteiger partial charge in [0, 0.05) is 11.1 Å². The number of hydrogen-bond donors (Lipinski definition) is 2. The summed E-state index contributed by atoms with van der Waals surface area (Å²) in [5, 5.41) is 22.4. The predicted molar refractivity (Wildman–Crippen MR) is 98.4 cm³/mol. The summed E-state index contributed by atoms with van der Waals surface area (Å²) in [4.78, 5) is 4.25. The van der Waals surface area contributed by atoms with Crippen LogP contribution in [0.1, 0.15) is 56.6 Å². The Labute approximate surface area is 158 Å². The van der Waals surface area contributed by atoms with E-state index in [9.17, 15) is 14.6 Å². The van der Waals surface area contributed by atoms with Gasteiger partial charge in [0.05, 0.1) is 36.0 Å². The normalized spacial score (nSPS) is 39.4. The molecule has 4 atom stereocenters. The fraction of sp³-hybridized carbons (Fsp3) is 0.591. The second-order valence-electron chi connectivity index (χ2n) is 9.70. The Bertz CT molecular complexity index is 909. The molecule has 0 spiro atoms. The highest BCUT2D eigenvalue weighted by atomic mass is 19.1. The number of nitrogens with zero attached hydrogens (tertiary/aromatic N) is 2. The third-order valence-corrected chi connectivity index (χ3v) is 7.89. The zero-order valence-corrected chi connectivity index (χ0v) is 15.3. The van der Waals surface area contributed by atoms with Crippen LogP contribution >= 0.6 is 0 Å². The molecule has 2 unspecified atom stereocenters. The van der Waals surface area contributed by atoms with Crippen molar-refractivity contribution in [3.8, 4) is 11.3 Å². The van der Waals surface area contributed by atoms with Crippen LogP contribution in [0.15, 0.2) is 30.7 Å². The minimum Gasteiger partial charge on any atom is -0.392 e. The van der Waals surface area contributed by atoms with E-state index < -0.39 is 11.7 Å². The molecule has 5 heteroatoms. The van der Waals surface area contributed by atoms with Crippen LogP contribution in [0.2, 0.25) is 0 Å². The van der Waals surface area contributed by atoms with Crippen molar-refractivity contribution in [2.45, 2.75) is 62.7 Å². The summed E-state index contributed by atoms with van der Waals surface area (Å²) >= 11 is 0. The molecule has 1 aliphatic heterocycles. The number of halogens is 1. The lowest BCUT2D eigenvalue weighted by molar-refractivity contribution is -0.197. The molecule has 7 rings (SSSR count). The minimum absolute atomic E-state index is 0.211. The van der Waals surface area contributed by atoms with Gasteiger partial charge in [-0.2, -0.15) is 0 Å². The van der Waals surface area contributed by atoms with Crippen molar-refractivity contribution in [2.75, 3.05) is 0 Å². The van der Waals surface area contributed by atoms with E-state index in [1.54, 1.807) is 18.6 Å². The second kappa shape index (κ2) is 5.21. The van der Waals surface area contributed by atoms with Crippen molar-refractivity contribution in [3.05, 3.63) is 42.1 Å². The first kappa shape index (κ1) is 16.3. The van der Waals surface area contributed by atoms with Gasteiger partial charge in [-0.3, -0.25) is 0 Å². The fourth-order valence-corrected chi connectivity index (χ4v) is 7.37. The van der Waals surface area contributed by atoms with Gasteiger partial charge in [0.1, 0.15) is 5.82 Å². The van der Waals surface area contributed by atoms with E-state index in [2.05, 4.69) is 4.98 Å². The van der Waals surface area contributed by atoms with Gasteiger partial charge in [0.25, 0.3) is 0 Å². The lowest BCUT2D eigenvalue weighted by Crippen LogP contribution is -2.59. The molecule has 1 aromatic carbocycles. The quantitative estimate of drug-likeness (QED) is 0.869. The Morgan fingerprint density at radius 3 is 2.74 bits per heavy atom. The van der Waals surface area contributed by atoms with E-state index in [0.29, 0.717) is 30.2 Å². The summed E-state index contributed by atoms with van der Waals surface area (Å²) in [5.41, 5.74) is 1.68. The maximum atomic E-state index is 14.7. The van der Waals surface area contributed by atoms with Crippen molar-refractivity contribution in [3.63, 3.8) is 0 Å². The molecule has 27 heavy (non-hydrogen) atoms. The Kier molecular flexibility index (Phi) is 3.13. The maximum absolute atomic E-state index is 14.7. The van der Waals surface area contributed by atoms with Gasteiger partial charge in [-0.1, -0.05) is 12.1 Å². The van der Waals surface area contributed by atoms with E-state index in [1.807, 2.05) is 10.6 Å². The average molecular weight is 368 g/mol. The first-order chi connectivity index (χ1) is 13.0. The van der Waals surface area contributed by atoms with Crippen molar-refractivity contribution in [1.29, 1.82) is 0 Å². The van der Waals surface area contributed by atoms with Gasteiger partial charge in [-0.25, -0.2) is 9.37 Å². The topological polar surface area (TPSA) is 58.3 Å². The molecule has 4 nitrogen and oxygen atoms in total. The number of rotatable bonds is 3. The predicted octanol–water partition coefficient (Wildman–Crippen LogP) is 3.67. The first-order valence-corrected chi connectivity index (χ1v) is 10.2. The highest BCUT2D eigenvalue weighted by molar-refractivity contribution is 5.69. The van der Waals surface area contributed by atoms with Crippen LogP contribution in [0.5, 0.6) is 0 Å². The number of aromatic nitrogens is 2. The molecule has 142 valence electrons. The Hall–Kier alpha value is -1.72. The van der Waals surface area contributed by atoms with Crippen LogP contribution in [0.4, 0.5) is 4.39 Å². The average Bonchev–Trinajstić information content (AvgIpc) is 3.16. The smallest absolute Gasteiger partial charge is 0.129 e. The highest BCUT2D eigenvalue weighted by Crippen LogP contribution is 2.63. The van der Waals surface area contributed by atoms with Crippen molar-refractivity contribution in [1.82, 2.24) is 9.55 Å². The van der Waals surface area contributed by atoms with Crippen molar-refractivity contribution >= 4 is 0 Å². The number of benzene rings is 1. The van der Waals surface area contributed by atoms with Crippen LogP contribution in [0.25, 0.3) is 11.3 Å². The molecule has 4 fully saturated rings. The molecule has 0 amide bonds. The van der Waals surface area contributed by atoms with E-state index in [0.717, 1.165) is 36.9 Å². The first-order valence-electron chi connectivity index (χ1n) is 10.2. The summed E-state index contributed by atoms with van der Waals surface area (Å²) in [7, 11) is 0. The zero-order chi connectivity index (χ0) is 18.4. The minimum atomic E-state index is -0.593. The standard InChI is InChI=1S/C22H25FN2O2/c23-16-3-1-2-15-18-10-24-12-25(18)17(20(15)16)5-19(26)21-6-13-4-14(7-21)9-22(27,8-13)11-21/h1-3,10,12-14,17,19,26-27H,4-9,11H2/t13?,14?,17-,19+,21?,22?/m0/s1. The van der Waals surface area contributed by atoms with Crippen LogP contribution < -0.4 is 0 Å². The molecule has 0 saturated heterocycles. The molecule has 2 aromatic rings. The SMILES string of the molecule is O[C@H](C[C@H]1c2c(F)cccc2-c2cncn21)C12CC3CC(CC(O)(C3)C1)C2. The van der Waals surface area contributed by atoms with Gasteiger partial charge < -0.3 is 14.8 Å². The summed E-state index contributed by atoms with van der Waals surface area (Å²) in [6, 6.07) is 4.95. The summed E-state index contributed by atoms with van der Waals surface area (Å²) < 4.78 is 16.7. The number of fused-ring (bicyclic) bond motifs is 3. The zero-order valence-electron chi connectivity index (χ0n) is 15.3. The molecule has 1 aromatic heterocycles. The van der Waals surface area contributed by atoms with Gasteiger partial charge >= 0.3 is 0 Å². The molecule has 0 radical (unpaired) electrons. The van der Waals surface area contributed by atoms with E-state index in [4.69, 9.17) is 0 Å². The van der Waals surface area contributed by atoms with E-state index in [-0.39, 0.29) is 17.3 Å². The van der Waals surface area contributed by atoms with Crippen LogP contribution in [-0.2, 0) is 0 Å². The maximum Gasteiger partial charge on any atom is 0.129 e. The third-order valence-electron chi connectivity index (χ3n) is 7.89. The van der Waals surface area contributed by atoms with Gasteiger partial charge in [0.2, 0.25) is 0 Å². The molecule has 4 bridgehead atoms. The van der Waals surface area contributed by atoms with E-state index in [1.165, 1.54) is 12.5 Å². The number of aliphatic hydroxyl groups is 2. The number of hydrogen-bond acceptors (Lipinski definition) is 3. The molecule has 4 aliphatic carbocycles. The van der Waals surface area contributed by atoms with Crippen molar-refractivity contribution < 1.29 is 14.6 Å². The third kappa shape index (κ3) is 2.18. The van der Waals surface area contributed by atoms with Crippen molar-refractivity contribution in [2.24, 2.45) is 17.3 Å². The molecule has 2 heterocycles. The molecular weight excluding hydrogens is 343 g/mol. The van der Waals surface area contributed by atoms with Crippen LogP contribution in [0.3, 0.4) is 0 Å². The Balaban J connectivity index is 1.36. The lowest BCUT2D eigenvalue weighted by Gasteiger charge is -2.61. The Morgan fingerprint density at radius 1 is 1.22 bits per heavy atom. The molecule has 2 N–H and O–H groups in total. The summed E-state index contributed by atoms with van der Waals surface area (Å²) in [6.07, 6.45) is 9.15. The van der Waals surface area contributed by atoms with Gasteiger partial charge in [-0.05, 0) is 68.3 Å². The monoisotopic (exact) mass is 368 g/mol. The second-order valence-corrected chi connectivity index (χ2v) is 9.70. The van der Waals surface area contributed by atoms with Gasteiger partial charge in [0.15, 0.2) is 0 Å². The molecule has 4 saturated carbocycles. The number of aliphatic hydroxyl groups excluding tert-OH is 1. The Morgan fingerprint density at radius 2 is 2.00 bits per heavy atom. The summed E-state index contributed by atoms with van der Waals surface area (Å²) in [5.74, 6) is 0.849. The highest BCUT2D eigenvalue weighted by Gasteiger charge is 2.59. The van der Waals surface area contributed by atoms with Crippen LogP contribution in [-0.4, -0.2) is 31.5 Å². The summed E-state index contributed by atoms with van der Waals surface area (Å²) in [6.45, 7) is 0. The lowest BCUT2D eigenvalue weighted by atomic mass is 9.46. The molecular formula is C22H25FN2O2. The number of imidazole rings is 1.